The number of amides is 1. The van der Waals surface area contributed by atoms with Crippen LogP contribution in [0.5, 0.6) is 11.5 Å². The van der Waals surface area contributed by atoms with Crippen LogP contribution in [0, 0.1) is 11.8 Å². The van der Waals surface area contributed by atoms with Crippen molar-refractivity contribution < 1.29 is 14.3 Å². The summed E-state index contributed by atoms with van der Waals surface area (Å²) in [5.74, 6) is 2.24. The zero-order chi connectivity index (χ0) is 16.7. The summed E-state index contributed by atoms with van der Waals surface area (Å²) in [6.45, 7) is 9.68. The van der Waals surface area contributed by atoms with Gasteiger partial charge in [0.05, 0.1) is 13.2 Å². The van der Waals surface area contributed by atoms with Crippen molar-refractivity contribution in [2.45, 2.75) is 27.2 Å². The molecule has 0 saturated carbocycles. The molecule has 5 nitrogen and oxygen atoms in total. The van der Waals surface area contributed by atoms with E-state index in [1.807, 2.05) is 39.0 Å². The van der Waals surface area contributed by atoms with E-state index in [1.165, 1.54) is 0 Å². The molecule has 1 aliphatic heterocycles. The standard InChI is InChI=1S/C18H28N2O3.ClH/c1-4-22-16-7-6-14(10-17(16)23-5-2)8-9-20-18(21)13(3)15-11-19-12-15;/h6-7,10,13,15,19H,4-5,8-9,11-12H2,1-3H3,(H,20,21);1H. The van der Waals surface area contributed by atoms with E-state index in [2.05, 4.69) is 10.6 Å². The monoisotopic (exact) mass is 356 g/mol. The molecule has 2 rings (SSSR count). The molecule has 6 heteroatoms. The molecule has 24 heavy (non-hydrogen) atoms. The van der Waals surface area contributed by atoms with Crippen LogP contribution in [0.15, 0.2) is 18.2 Å². The molecule has 0 spiro atoms. The van der Waals surface area contributed by atoms with Crippen LogP contribution in [-0.4, -0.2) is 38.8 Å². The van der Waals surface area contributed by atoms with Gasteiger partial charge in [0.25, 0.3) is 0 Å². The largest absolute Gasteiger partial charge is 0.490 e. The van der Waals surface area contributed by atoms with Gasteiger partial charge < -0.3 is 20.1 Å². The fourth-order valence-electron chi connectivity index (χ4n) is 2.62. The first-order valence-electron chi connectivity index (χ1n) is 8.52. The van der Waals surface area contributed by atoms with Gasteiger partial charge in [0.15, 0.2) is 11.5 Å². The maximum atomic E-state index is 12.1. The third-order valence-corrected chi connectivity index (χ3v) is 4.25. The van der Waals surface area contributed by atoms with Crippen molar-refractivity contribution in [3.8, 4) is 11.5 Å². The lowest BCUT2D eigenvalue weighted by Crippen LogP contribution is -2.49. The molecule has 1 unspecified atom stereocenters. The highest BCUT2D eigenvalue weighted by Gasteiger charge is 2.28. The zero-order valence-corrected chi connectivity index (χ0v) is 15.6. The van der Waals surface area contributed by atoms with E-state index in [0.717, 1.165) is 36.6 Å². The van der Waals surface area contributed by atoms with Crippen molar-refractivity contribution in [2.24, 2.45) is 11.8 Å². The van der Waals surface area contributed by atoms with Crippen molar-refractivity contribution >= 4 is 18.3 Å². The lowest BCUT2D eigenvalue weighted by molar-refractivity contribution is -0.126. The van der Waals surface area contributed by atoms with E-state index in [4.69, 9.17) is 9.47 Å². The highest BCUT2D eigenvalue weighted by Crippen LogP contribution is 2.28. The molecule has 136 valence electrons. The normalized spacial score (nSPS) is 15.0. The Kier molecular flexibility index (Phi) is 8.93. The van der Waals surface area contributed by atoms with Gasteiger partial charge in [-0.1, -0.05) is 13.0 Å². The predicted molar refractivity (Wildman–Crippen MR) is 98.3 cm³/mol. The Morgan fingerprint density at radius 2 is 1.92 bits per heavy atom. The summed E-state index contributed by atoms with van der Waals surface area (Å²) < 4.78 is 11.2. The number of hydrogen-bond donors (Lipinski definition) is 2. The number of halogens is 1. The molecule has 0 radical (unpaired) electrons. The number of carbonyl (C=O) groups is 1. The first-order chi connectivity index (χ1) is 11.2. The Morgan fingerprint density at radius 3 is 2.50 bits per heavy atom. The maximum absolute atomic E-state index is 12.1. The van der Waals surface area contributed by atoms with E-state index >= 15 is 0 Å². The summed E-state index contributed by atoms with van der Waals surface area (Å²) in [6, 6.07) is 5.97. The number of hydrogen-bond acceptors (Lipinski definition) is 4. The average molecular weight is 357 g/mol. The van der Waals surface area contributed by atoms with Crippen LogP contribution in [0.25, 0.3) is 0 Å². The molecule has 1 amide bonds. The number of ether oxygens (including phenoxy) is 2. The van der Waals surface area contributed by atoms with Crippen molar-refractivity contribution in [3.05, 3.63) is 23.8 Å². The lowest BCUT2D eigenvalue weighted by Gasteiger charge is -2.31. The highest BCUT2D eigenvalue weighted by molar-refractivity contribution is 5.85. The number of benzene rings is 1. The van der Waals surface area contributed by atoms with Gasteiger partial charge in [0.1, 0.15) is 0 Å². The smallest absolute Gasteiger partial charge is 0.223 e. The van der Waals surface area contributed by atoms with E-state index in [-0.39, 0.29) is 24.2 Å². The predicted octanol–water partition coefficient (Wildman–Crippen LogP) is 2.42. The van der Waals surface area contributed by atoms with Gasteiger partial charge in [-0.3, -0.25) is 4.79 Å². The molecule has 1 fully saturated rings. The zero-order valence-electron chi connectivity index (χ0n) is 14.8. The first kappa shape index (κ1) is 20.6. The molecule has 1 aliphatic rings. The minimum absolute atomic E-state index is 0. The molecule has 0 aliphatic carbocycles. The van der Waals surface area contributed by atoms with Gasteiger partial charge in [0.2, 0.25) is 5.91 Å². The van der Waals surface area contributed by atoms with Gasteiger partial charge >= 0.3 is 0 Å². The summed E-state index contributed by atoms with van der Waals surface area (Å²) in [7, 11) is 0. The molecule has 1 heterocycles. The summed E-state index contributed by atoms with van der Waals surface area (Å²) >= 11 is 0. The second-order valence-corrected chi connectivity index (χ2v) is 5.90. The van der Waals surface area contributed by atoms with Crippen molar-refractivity contribution in [3.63, 3.8) is 0 Å². The molecule has 0 bridgehead atoms. The molecule has 1 atom stereocenters. The van der Waals surface area contributed by atoms with Crippen LogP contribution in [0.1, 0.15) is 26.3 Å². The van der Waals surface area contributed by atoms with Crippen molar-refractivity contribution in [1.29, 1.82) is 0 Å². The van der Waals surface area contributed by atoms with Gasteiger partial charge in [-0.25, -0.2) is 0 Å². The number of rotatable bonds is 9. The third-order valence-electron chi connectivity index (χ3n) is 4.25. The Hall–Kier alpha value is -1.46. The molecular weight excluding hydrogens is 328 g/mol. The van der Waals surface area contributed by atoms with Crippen LogP contribution in [0.4, 0.5) is 0 Å². The third kappa shape index (κ3) is 5.56. The quantitative estimate of drug-likeness (QED) is 0.713. The van der Waals surface area contributed by atoms with Gasteiger partial charge in [-0.05, 0) is 57.0 Å². The van der Waals surface area contributed by atoms with Gasteiger partial charge in [-0.15, -0.1) is 12.4 Å². The van der Waals surface area contributed by atoms with Crippen LogP contribution < -0.4 is 20.1 Å². The SMILES string of the molecule is CCOc1ccc(CCNC(=O)C(C)C2CNC2)cc1OCC.Cl. The van der Waals surface area contributed by atoms with Crippen molar-refractivity contribution in [2.75, 3.05) is 32.8 Å². The van der Waals surface area contributed by atoms with Crippen LogP contribution in [0.3, 0.4) is 0 Å². The highest BCUT2D eigenvalue weighted by atomic mass is 35.5. The molecule has 1 aromatic rings. The second-order valence-electron chi connectivity index (χ2n) is 5.90. The Labute approximate surface area is 150 Å². The number of nitrogens with one attached hydrogen (secondary N) is 2. The van der Waals surface area contributed by atoms with Gasteiger partial charge in [0, 0.05) is 12.5 Å². The molecular formula is C18H29ClN2O3. The van der Waals surface area contributed by atoms with E-state index in [0.29, 0.717) is 25.7 Å². The van der Waals surface area contributed by atoms with Crippen LogP contribution in [0.2, 0.25) is 0 Å². The minimum atomic E-state index is 0. The topological polar surface area (TPSA) is 59.6 Å². The summed E-state index contributed by atoms with van der Waals surface area (Å²) in [6.07, 6.45) is 0.786. The van der Waals surface area contributed by atoms with E-state index < -0.39 is 0 Å². The summed E-state index contributed by atoms with van der Waals surface area (Å²) in [5.41, 5.74) is 1.13. The summed E-state index contributed by atoms with van der Waals surface area (Å²) in [4.78, 5) is 12.1. The van der Waals surface area contributed by atoms with Crippen LogP contribution >= 0.6 is 12.4 Å². The molecule has 1 saturated heterocycles. The number of carbonyl (C=O) groups excluding carboxylic acids is 1. The average Bonchev–Trinajstić information content (AvgIpc) is 2.48. The Bertz CT molecular complexity index is 521. The van der Waals surface area contributed by atoms with E-state index in [9.17, 15) is 4.79 Å². The molecule has 1 aromatic carbocycles. The maximum Gasteiger partial charge on any atom is 0.223 e. The fourth-order valence-corrected chi connectivity index (χ4v) is 2.62. The molecule has 2 N–H and O–H groups in total. The Morgan fingerprint density at radius 1 is 1.25 bits per heavy atom. The van der Waals surface area contributed by atoms with Crippen molar-refractivity contribution in [1.82, 2.24) is 10.6 Å². The molecule has 0 aromatic heterocycles. The summed E-state index contributed by atoms with van der Waals surface area (Å²) in [5, 5.41) is 6.24. The first-order valence-corrected chi connectivity index (χ1v) is 8.52. The Balaban J connectivity index is 0.00000288. The lowest BCUT2D eigenvalue weighted by atomic mass is 9.88. The fraction of sp³-hybridized carbons (Fsp3) is 0.611. The minimum Gasteiger partial charge on any atom is -0.490 e. The van der Waals surface area contributed by atoms with Gasteiger partial charge in [-0.2, -0.15) is 0 Å². The van der Waals surface area contributed by atoms with E-state index in [1.54, 1.807) is 0 Å². The second kappa shape index (κ2) is 10.4. The van der Waals surface area contributed by atoms with Crippen LogP contribution in [-0.2, 0) is 11.2 Å².